The Morgan fingerprint density at radius 1 is 1.39 bits per heavy atom. The van der Waals surface area contributed by atoms with Gasteiger partial charge in [0, 0.05) is 37.0 Å². The Kier molecular flexibility index (Phi) is 6.45. The van der Waals surface area contributed by atoms with E-state index in [1.165, 1.54) is 0 Å². The number of hydrogen-bond donors (Lipinski definition) is 1. The molecule has 5 nitrogen and oxygen atoms in total. The van der Waals surface area contributed by atoms with E-state index in [1.54, 1.807) is 24.0 Å². The highest BCUT2D eigenvalue weighted by Gasteiger charge is 2.28. The first-order valence-corrected chi connectivity index (χ1v) is 9.09. The summed E-state index contributed by atoms with van der Waals surface area (Å²) >= 11 is 1.61. The van der Waals surface area contributed by atoms with Gasteiger partial charge in [0.1, 0.15) is 5.03 Å². The van der Waals surface area contributed by atoms with Crippen molar-refractivity contribution >= 4 is 23.6 Å². The van der Waals surface area contributed by atoms with E-state index in [9.17, 15) is 9.59 Å². The molecule has 0 spiro atoms. The molecule has 1 saturated heterocycles. The van der Waals surface area contributed by atoms with Crippen LogP contribution in [0.25, 0.3) is 0 Å². The van der Waals surface area contributed by atoms with Crippen LogP contribution in [0.3, 0.4) is 0 Å². The van der Waals surface area contributed by atoms with Crippen LogP contribution in [0.5, 0.6) is 0 Å². The van der Waals surface area contributed by atoms with E-state index < -0.39 is 0 Å². The second-order valence-corrected chi connectivity index (χ2v) is 7.55. The number of aromatic nitrogens is 1. The first kappa shape index (κ1) is 17.8. The predicted molar refractivity (Wildman–Crippen MR) is 92.5 cm³/mol. The monoisotopic (exact) mass is 335 g/mol. The summed E-state index contributed by atoms with van der Waals surface area (Å²) in [6.07, 6.45) is 3.18. The SMILES string of the molecule is CCNC(=O)C1CCN(C(=O)c2cccnc2SC(C)C)CC1. The topological polar surface area (TPSA) is 62.3 Å². The van der Waals surface area contributed by atoms with Crippen molar-refractivity contribution in [3.05, 3.63) is 23.9 Å². The summed E-state index contributed by atoms with van der Waals surface area (Å²) in [5.41, 5.74) is 0.669. The maximum absolute atomic E-state index is 12.8. The molecular weight excluding hydrogens is 310 g/mol. The van der Waals surface area contributed by atoms with Gasteiger partial charge in [-0.25, -0.2) is 4.98 Å². The minimum absolute atomic E-state index is 0.0237. The molecule has 1 aliphatic heterocycles. The number of nitrogens with one attached hydrogen (secondary N) is 1. The van der Waals surface area contributed by atoms with E-state index >= 15 is 0 Å². The fraction of sp³-hybridized carbons (Fsp3) is 0.588. The van der Waals surface area contributed by atoms with Crippen LogP contribution in [0.15, 0.2) is 23.4 Å². The zero-order valence-electron chi connectivity index (χ0n) is 14.0. The van der Waals surface area contributed by atoms with E-state index in [4.69, 9.17) is 0 Å². The molecule has 1 aromatic heterocycles. The number of piperidine rings is 1. The average Bonchev–Trinajstić information content (AvgIpc) is 2.54. The molecule has 1 N–H and O–H groups in total. The predicted octanol–water partition coefficient (Wildman–Crippen LogP) is 2.57. The third kappa shape index (κ3) is 4.70. The molecular formula is C17H25N3O2S. The number of thioether (sulfide) groups is 1. The average molecular weight is 335 g/mol. The Bertz CT molecular complexity index is 555. The van der Waals surface area contributed by atoms with E-state index in [0.717, 1.165) is 17.9 Å². The standard InChI is InChI=1S/C17H25N3O2S/c1-4-18-15(21)13-7-10-20(11-8-13)17(22)14-6-5-9-19-16(14)23-12(2)3/h5-6,9,12-13H,4,7-8,10-11H2,1-3H3,(H,18,21). The number of carbonyl (C=O) groups excluding carboxylic acids is 2. The smallest absolute Gasteiger partial charge is 0.256 e. The third-order valence-electron chi connectivity index (χ3n) is 3.85. The Balaban J connectivity index is 2.01. The van der Waals surface area contributed by atoms with Crippen LogP contribution in [0.1, 0.15) is 44.0 Å². The molecule has 0 saturated carbocycles. The second-order valence-electron chi connectivity index (χ2n) is 5.98. The van der Waals surface area contributed by atoms with Crippen LogP contribution >= 0.6 is 11.8 Å². The highest BCUT2D eigenvalue weighted by atomic mass is 32.2. The van der Waals surface area contributed by atoms with E-state index in [0.29, 0.717) is 30.4 Å². The van der Waals surface area contributed by atoms with Gasteiger partial charge in [0.25, 0.3) is 5.91 Å². The summed E-state index contributed by atoms with van der Waals surface area (Å²) in [6.45, 7) is 8.01. The van der Waals surface area contributed by atoms with Gasteiger partial charge in [-0.1, -0.05) is 13.8 Å². The van der Waals surface area contributed by atoms with Crippen molar-refractivity contribution in [1.82, 2.24) is 15.2 Å². The molecule has 0 aliphatic carbocycles. The first-order valence-electron chi connectivity index (χ1n) is 8.21. The fourth-order valence-corrected chi connectivity index (χ4v) is 3.55. The molecule has 1 aromatic rings. The van der Waals surface area contributed by atoms with Crippen molar-refractivity contribution in [2.75, 3.05) is 19.6 Å². The van der Waals surface area contributed by atoms with Gasteiger partial charge in [-0.3, -0.25) is 9.59 Å². The van der Waals surface area contributed by atoms with Gasteiger partial charge in [0.15, 0.2) is 0 Å². The van der Waals surface area contributed by atoms with Gasteiger partial charge in [0.2, 0.25) is 5.91 Å². The van der Waals surface area contributed by atoms with Crippen molar-refractivity contribution in [2.24, 2.45) is 5.92 Å². The second kappa shape index (κ2) is 8.34. The number of nitrogens with zero attached hydrogens (tertiary/aromatic N) is 2. The van der Waals surface area contributed by atoms with Gasteiger partial charge in [-0.2, -0.15) is 0 Å². The summed E-state index contributed by atoms with van der Waals surface area (Å²) in [6, 6.07) is 3.65. The Morgan fingerprint density at radius 2 is 2.09 bits per heavy atom. The number of pyridine rings is 1. The molecule has 0 atom stereocenters. The van der Waals surface area contributed by atoms with Crippen molar-refractivity contribution in [3.63, 3.8) is 0 Å². The molecule has 0 bridgehead atoms. The quantitative estimate of drug-likeness (QED) is 0.840. The Labute approximate surface area is 142 Å². The minimum atomic E-state index is 0.0237. The maximum Gasteiger partial charge on any atom is 0.256 e. The molecule has 1 aliphatic rings. The lowest BCUT2D eigenvalue weighted by atomic mass is 9.95. The molecule has 126 valence electrons. The minimum Gasteiger partial charge on any atom is -0.356 e. The van der Waals surface area contributed by atoms with Crippen LogP contribution in [-0.4, -0.2) is 46.6 Å². The summed E-state index contributed by atoms with van der Waals surface area (Å²) in [5, 5.41) is 4.03. The van der Waals surface area contributed by atoms with Gasteiger partial charge in [-0.15, -0.1) is 11.8 Å². The van der Waals surface area contributed by atoms with Gasteiger partial charge >= 0.3 is 0 Å². The highest BCUT2D eigenvalue weighted by molar-refractivity contribution is 7.99. The van der Waals surface area contributed by atoms with Gasteiger partial charge in [0.05, 0.1) is 5.56 Å². The largest absolute Gasteiger partial charge is 0.356 e. The number of amides is 2. The first-order chi connectivity index (χ1) is 11.0. The number of likely N-dealkylation sites (tertiary alicyclic amines) is 1. The zero-order valence-corrected chi connectivity index (χ0v) is 14.9. The number of carbonyl (C=O) groups is 2. The highest BCUT2D eigenvalue weighted by Crippen LogP contribution is 2.26. The van der Waals surface area contributed by atoms with Crippen LogP contribution < -0.4 is 5.32 Å². The summed E-state index contributed by atoms with van der Waals surface area (Å²) in [4.78, 5) is 30.9. The normalized spacial score (nSPS) is 15.7. The zero-order chi connectivity index (χ0) is 16.8. The molecule has 2 rings (SSSR count). The van der Waals surface area contributed by atoms with Crippen LogP contribution in [-0.2, 0) is 4.79 Å². The Hall–Kier alpha value is -1.56. The van der Waals surface area contributed by atoms with E-state index in [1.807, 2.05) is 17.9 Å². The molecule has 0 radical (unpaired) electrons. The molecule has 1 fully saturated rings. The van der Waals surface area contributed by atoms with Crippen molar-refractivity contribution in [2.45, 2.75) is 43.9 Å². The molecule has 2 amide bonds. The van der Waals surface area contributed by atoms with E-state index in [2.05, 4.69) is 24.1 Å². The summed E-state index contributed by atoms with van der Waals surface area (Å²) in [7, 11) is 0. The molecule has 0 aromatic carbocycles. The van der Waals surface area contributed by atoms with Gasteiger partial charge in [-0.05, 0) is 31.9 Å². The van der Waals surface area contributed by atoms with E-state index in [-0.39, 0.29) is 17.7 Å². The van der Waals surface area contributed by atoms with Crippen LogP contribution in [0.2, 0.25) is 0 Å². The third-order valence-corrected chi connectivity index (χ3v) is 4.87. The summed E-state index contributed by atoms with van der Waals surface area (Å²) < 4.78 is 0. The molecule has 0 unspecified atom stereocenters. The Morgan fingerprint density at radius 3 is 2.70 bits per heavy atom. The lowest BCUT2D eigenvalue weighted by Crippen LogP contribution is -2.43. The maximum atomic E-state index is 12.8. The van der Waals surface area contributed by atoms with Crippen molar-refractivity contribution < 1.29 is 9.59 Å². The number of hydrogen-bond acceptors (Lipinski definition) is 4. The lowest BCUT2D eigenvalue weighted by molar-refractivity contribution is -0.126. The molecule has 6 heteroatoms. The van der Waals surface area contributed by atoms with Gasteiger partial charge < -0.3 is 10.2 Å². The van der Waals surface area contributed by atoms with Crippen LogP contribution in [0.4, 0.5) is 0 Å². The molecule has 23 heavy (non-hydrogen) atoms. The molecule has 2 heterocycles. The van der Waals surface area contributed by atoms with Crippen LogP contribution in [0, 0.1) is 5.92 Å². The van der Waals surface area contributed by atoms with Crippen molar-refractivity contribution in [1.29, 1.82) is 0 Å². The summed E-state index contributed by atoms with van der Waals surface area (Å²) in [5.74, 6) is 0.157. The van der Waals surface area contributed by atoms with Crippen molar-refractivity contribution in [3.8, 4) is 0 Å². The lowest BCUT2D eigenvalue weighted by Gasteiger charge is -2.31. The number of rotatable bonds is 5. The fourth-order valence-electron chi connectivity index (χ4n) is 2.70.